The minimum absolute atomic E-state index is 0.00682. The summed E-state index contributed by atoms with van der Waals surface area (Å²) in [6.45, 7) is 6.79. The minimum atomic E-state index is -1.18. The van der Waals surface area contributed by atoms with Crippen LogP contribution >= 0.6 is 0 Å². The fourth-order valence-corrected chi connectivity index (χ4v) is 6.25. The molecule has 5 rings (SSSR count). The van der Waals surface area contributed by atoms with Gasteiger partial charge in [-0.05, 0) is 90.0 Å². The van der Waals surface area contributed by atoms with Crippen molar-refractivity contribution in [2.45, 2.75) is 52.2 Å². The molecule has 0 unspecified atom stereocenters. The highest BCUT2D eigenvalue weighted by molar-refractivity contribution is 6.05. The molecule has 11 heteroatoms. The van der Waals surface area contributed by atoms with E-state index in [2.05, 4.69) is 28.4 Å². The molecular weight excluding hydrogens is 745 g/mol. The standard InChI is InChI=1S/C48H46N4O7/c1-4-26-59-42-28-40(48(57)58)27-41(29-42)51-47(56)38-24-20-35(21-25-38)31-50-46(55)37-22-18-34(19-23-37)30-49-44(53)16-10-11-17-45(54)52(43-15-9-6-12-33(43)3)32-39-14-8-7-13-36(39)5-2/h1,5-9,12-15,18-25,27-29H,2,10-11,16-17,26,30-32H2,3H3,(H,49,53)(H,50,55)(H,51,56)(H,57,58). The summed E-state index contributed by atoms with van der Waals surface area (Å²) < 4.78 is 5.34. The number of aryl methyl sites for hydroxylation is 1. The summed E-state index contributed by atoms with van der Waals surface area (Å²) in [5, 5.41) is 17.9. The molecule has 0 aliphatic rings. The van der Waals surface area contributed by atoms with Crippen molar-refractivity contribution >= 4 is 47.0 Å². The van der Waals surface area contributed by atoms with Gasteiger partial charge in [0.05, 0.1) is 12.1 Å². The van der Waals surface area contributed by atoms with Gasteiger partial charge in [0.25, 0.3) is 11.8 Å². The number of hydrogen-bond donors (Lipinski definition) is 4. The summed E-state index contributed by atoms with van der Waals surface area (Å²) in [7, 11) is 0. The molecule has 0 spiro atoms. The average molecular weight is 791 g/mol. The quantitative estimate of drug-likeness (QED) is 0.0489. The number of nitrogens with zero attached hydrogens (tertiary/aromatic N) is 1. The van der Waals surface area contributed by atoms with Crippen molar-refractivity contribution in [1.29, 1.82) is 0 Å². The van der Waals surface area contributed by atoms with E-state index in [1.165, 1.54) is 18.2 Å². The number of anilines is 2. The number of terminal acetylenes is 1. The van der Waals surface area contributed by atoms with Gasteiger partial charge in [-0.25, -0.2) is 4.79 Å². The number of nitrogens with one attached hydrogen (secondary N) is 3. The van der Waals surface area contributed by atoms with Gasteiger partial charge in [-0.3, -0.25) is 19.2 Å². The maximum absolute atomic E-state index is 13.5. The number of carboxylic acids is 1. The molecule has 0 atom stereocenters. The smallest absolute Gasteiger partial charge is 0.335 e. The normalized spacial score (nSPS) is 10.4. The van der Waals surface area contributed by atoms with Crippen LogP contribution in [0.4, 0.5) is 11.4 Å². The Morgan fingerprint density at radius 2 is 1.39 bits per heavy atom. The number of carboxylic acid groups (broad SMARTS) is 1. The van der Waals surface area contributed by atoms with Gasteiger partial charge < -0.3 is 30.7 Å². The Balaban J connectivity index is 1.04. The van der Waals surface area contributed by atoms with E-state index in [0.717, 1.165) is 33.5 Å². The van der Waals surface area contributed by atoms with Crippen LogP contribution in [0.5, 0.6) is 5.75 Å². The lowest BCUT2D eigenvalue weighted by Crippen LogP contribution is -2.31. The van der Waals surface area contributed by atoms with Crippen LogP contribution in [-0.2, 0) is 29.2 Å². The van der Waals surface area contributed by atoms with Gasteiger partial charge in [-0.15, -0.1) is 6.42 Å². The fourth-order valence-electron chi connectivity index (χ4n) is 6.25. The molecule has 5 aromatic rings. The van der Waals surface area contributed by atoms with Gasteiger partial charge in [0.15, 0.2) is 0 Å². The number of para-hydroxylation sites is 1. The Kier molecular flexibility index (Phi) is 15.3. The number of amides is 4. The second-order valence-electron chi connectivity index (χ2n) is 13.7. The first-order chi connectivity index (χ1) is 28.5. The Labute approximate surface area is 344 Å². The Bertz CT molecular complexity index is 2350. The van der Waals surface area contributed by atoms with E-state index in [-0.39, 0.29) is 54.3 Å². The van der Waals surface area contributed by atoms with Crippen molar-refractivity contribution in [3.05, 3.63) is 166 Å². The van der Waals surface area contributed by atoms with Crippen LogP contribution in [0, 0.1) is 19.3 Å². The third-order valence-corrected chi connectivity index (χ3v) is 9.46. The number of aromatic carboxylic acids is 1. The lowest BCUT2D eigenvalue weighted by molar-refractivity contribution is -0.122. The zero-order chi connectivity index (χ0) is 42.1. The highest BCUT2D eigenvalue weighted by Gasteiger charge is 2.19. The van der Waals surface area contributed by atoms with Gasteiger partial charge >= 0.3 is 5.97 Å². The summed E-state index contributed by atoms with van der Waals surface area (Å²) in [6, 6.07) is 33.4. The number of carbonyl (C=O) groups is 5. The van der Waals surface area contributed by atoms with Crippen LogP contribution in [0.2, 0.25) is 0 Å². The van der Waals surface area contributed by atoms with E-state index in [9.17, 15) is 29.1 Å². The van der Waals surface area contributed by atoms with Crippen LogP contribution in [0.15, 0.2) is 122 Å². The molecule has 0 aliphatic heterocycles. The maximum Gasteiger partial charge on any atom is 0.335 e. The molecule has 0 heterocycles. The largest absolute Gasteiger partial charge is 0.481 e. The first-order valence-electron chi connectivity index (χ1n) is 19.1. The third kappa shape index (κ3) is 12.5. The first-order valence-corrected chi connectivity index (χ1v) is 19.1. The molecule has 4 amide bonds. The molecule has 0 saturated carbocycles. The van der Waals surface area contributed by atoms with Crippen molar-refractivity contribution in [3.63, 3.8) is 0 Å². The SMILES string of the molecule is C#CCOc1cc(NC(=O)c2ccc(CNC(=O)c3ccc(CNC(=O)CCCCC(=O)N(Cc4ccccc4C=C)c4ccccc4C)cc3)cc2)cc(C(=O)O)c1. The molecule has 0 aromatic heterocycles. The summed E-state index contributed by atoms with van der Waals surface area (Å²) >= 11 is 0. The highest BCUT2D eigenvalue weighted by Crippen LogP contribution is 2.25. The van der Waals surface area contributed by atoms with Gasteiger partial charge in [0.1, 0.15) is 12.4 Å². The van der Waals surface area contributed by atoms with Crippen LogP contribution in [-0.4, -0.2) is 41.3 Å². The monoisotopic (exact) mass is 790 g/mol. The van der Waals surface area contributed by atoms with Crippen LogP contribution in [0.25, 0.3) is 6.08 Å². The zero-order valence-electron chi connectivity index (χ0n) is 32.8. The topological polar surface area (TPSA) is 154 Å². The molecule has 11 nitrogen and oxygen atoms in total. The van der Waals surface area contributed by atoms with E-state index < -0.39 is 11.9 Å². The molecule has 4 N–H and O–H groups in total. The van der Waals surface area contributed by atoms with Crippen molar-refractivity contribution in [2.24, 2.45) is 0 Å². The van der Waals surface area contributed by atoms with Gasteiger partial charge in [0, 0.05) is 54.5 Å². The summed E-state index contributed by atoms with van der Waals surface area (Å²) in [5.41, 5.74) is 6.38. The molecule has 5 aromatic carbocycles. The van der Waals surface area contributed by atoms with E-state index in [1.807, 2.05) is 60.4 Å². The number of hydrogen-bond acceptors (Lipinski definition) is 6. The molecule has 0 radical (unpaired) electrons. The zero-order valence-corrected chi connectivity index (χ0v) is 32.8. The van der Waals surface area contributed by atoms with E-state index in [4.69, 9.17) is 11.2 Å². The molecule has 0 aliphatic carbocycles. The Morgan fingerprint density at radius 3 is 2.05 bits per heavy atom. The number of unbranched alkanes of at least 4 members (excludes halogenated alkanes) is 1. The van der Waals surface area contributed by atoms with E-state index in [1.54, 1.807) is 54.6 Å². The number of ether oxygens (including phenoxy) is 1. The summed E-state index contributed by atoms with van der Waals surface area (Å²) in [6.07, 6.45) is 8.74. The van der Waals surface area contributed by atoms with Gasteiger partial charge in [-0.2, -0.15) is 0 Å². The first kappa shape index (κ1) is 42.7. The van der Waals surface area contributed by atoms with E-state index >= 15 is 0 Å². The minimum Gasteiger partial charge on any atom is -0.481 e. The third-order valence-electron chi connectivity index (χ3n) is 9.46. The van der Waals surface area contributed by atoms with Crippen molar-refractivity contribution in [2.75, 3.05) is 16.8 Å². The predicted molar refractivity (Wildman–Crippen MR) is 229 cm³/mol. The lowest BCUT2D eigenvalue weighted by Gasteiger charge is -2.25. The number of rotatable bonds is 19. The second-order valence-corrected chi connectivity index (χ2v) is 13.7. The lowest BCUT2D eigenvalue weighted by atomic mass is 10.0. The molecule has 0 bridgehead atoms. The van der Waals surface area contributed by atoms with Crippen LogP contribution in [0.3, 0.4) is 0 Å². The van der Waals surface area contributed by atoms with Gasteiger partial charge in [0.2, 0.25) is 11.8 Å². The van der Waals surface area contributed by atoms with Crippen LogP contribution < -0.4 is 25.6 Å². The molecule has 300 valence electrons. The van der Waals surface area contributed by atoms with E-state index in [0.29, 0.717) is 43.5 Å². The van der Waals surface area contributed by atoms with Crippen molar-refractivity contribution in [1.82, 2.24) is 10.6 Å². The molecular formula is C48H46N4O7. The Hall–Kier alpha value is -7.45. The summed E-state index contributed by atoms with van der Waals surface area (Å²) in [4.78, 5) is 65.2. The number of carbonyl (C=O) groups excluding carboxylic acids is 4. The predicted octanol–water partition coefficient (Wildman–Crippen LogP) is 7.94. The molecule has 0 saturated heterocycles. The Morgan fingerprint density at radius 1 is 0.763 bits per heavy atom. The van der Waals surface area contributed by atoms with Crippen LogP contribution in [0.1, 0.15) is 84.6 Å². The van der Waals surface area contributed by atoms with Crippen molar-refractivity contribution in [3.8, 4) is 18.1 Å². The fraction of sp³-hybridized carbons (Fsp3) is 0.188. The van der Waals surface area contributed by atoms with Gasteiger partial charge in [-0.1, -0.05) is 85.3 Å². The second kappa shape index (κ2) is 21.2. The highest BCUT2D eigenvalue weighted by atomic mass is 16.5. The molecule has 59 heavy (non-hydrogen) atoms. The maximum atomic E-state index is 13.5. The molecule has 0 fully saturated rings. The average Bonchev–Trinajstić information content (AvgIpc) is 3.25. The summed E-state index contributed by atoms with van der Waals surface area (Å²) in [5.74, 6) is 0.461. The number of benzene rings is 5. The van der Waals surface area contributed by atoms with Crippen molar-refractivity contribution < 1.29 is 33.8 Å².